The molecular weight excluding hydrogens is 256 g/mol. The topological polar surface area (TPSA) is 38.5 Å². The Bertz CT molecular complexity index is 292. The standard InChI is InChI=1S/C15H30N2OS/c1-14(2)9-15(10-16,12-19-11-14)17(3)8-13-6-4-5-7-18-13/h13H,4-12,16H2,1-3H3. The Morgan fingerprint density at radius 1 is 1.32 bits per heavy atom. The maximum atomic E-state index is 6.17. The van der Waals surface area contributed by atoms with E-state index in [1.54, 1.807) is 0 Å². The van der Waals surface area contributed by atoms with Gasteiger partial charge < -0.3 is 10.5 Å². The van der Waals surface area contributed by atoms with E-state index in [-0.39, 0.29) is 5.54 Å². The molecule has 0 bridgehead atoms. The Labute approximate surface area is 122 Å². The van der Waals surface area contributed by atoms with Crippen LogP contribution >= 0.6 is 11.8 Å². The van der Waals surface area contributed by atoms with Gasteiger partial charge in [0.25, 0.3) is 0 Å². The van der Waals surface area contributed by atoms with E-state index in [1.165, 1.54) is 31.4 Å². The molecule has 112 valence electrons. The van der Waals surface area contributed by atoms with Crippen molar-refractivity contribution in [2.45, 2.75) is 51.2 Å². The second-order valence-electron chi connectivity index (χ2n) is 7.13. The van der Waals surface area contributed by atoms with Gasteiger partial charge in [0.1, 0.15) is 0 Å². The van der Waals surface area contributed by atoms with Crippen molar-refractivity contribution < 1.29 is 4.74 Å². The van der Waals surface area contributed by atoms with Crippen molar-refractivity contribution in [3.05, 3.63) is 0 Å². The molecule has 3 nitrogen and oxygen atoms in total. The highest BCUT2D eigenvalue weighted by Crippen LogP contribution is 2.41. The summed E-state index contributed by atoms with van der Waals surface area (Å²) in [4.78, 5) is 2.50. The minimum Gasteiger partial charge on any atom is -0.377 e. The number of ether oxygens (including phenoxy) is 1. The Morgan fingerprint density at radius 2 is 2.11 bits per heavy atom. The zero-order chi connectivity index (χ0) is 13.9. The van der Waals surface area contributed by atoms with E-state index in [2.05, 4.69) is 37.6 Å². The van der Waals surface area contributed by atoms with Gasteiger partial charge in [0, 0.05) is 31.0 Å². The molecule has 2 rings (SSSR count). The molecule has 0 saturated carbocycles. The Morgan fingerprint density at radius 3 is 2.68 bits per heavy atom. The maximum absolute atomic E-state index is 6.17. The summed E-state index contributed by atoms with van der Waals surface area (Å²) in [5.41, 5.74) is 6.72. The molecule has 0 amide bonds. The molecule has 0 spiro atoms. The van der Waals surface area contributed by atoms with E-state index < -0.39 is 0 Å². The second-order valence-corrected chi connectivity index (χ2v) is 8.12. The van der Waals surface area contributed by atoms with Gasteiger partial charge in [-0.15, -0.1) is 0 Å². The van der Waals surface area contributed by atoms with Crippen molar-refractivity contribution in [3.63, 3.8) is 0 Å². The second kappa shape index (κ2) is 6.33. The number of likely N-dealkylation sites (N-methyl/N-ethyl adjacent to an activating group) is 1. The van der Waals surface area contributed by atoms with E-state index in [0.29, 0.717) is 11.5 Å². The van der Waals surface area contributed by atoms with Gasteiger partial charge in [0.05, 0.1) is 6.10 Å². The molecule has 0 aromatic heterocycles. The fourth-order valence-electron chi connectivity index (χ4n) is 3.49. The van der Waals surface area contributed by atoms with Crippen molar-refractivity contribution in [2.75, 3.05) is 38.2 Å². The molecule has 2 saturated heterocycles. The first-order valence-corrected chi connectivity index (χ1v) is 8.74. The fourth-order valence-corrected chi connectivity index (χ4v) is 5.07. The van der Waals surface area contributed by atoms with Crippen LogP contribution in [-0.4, -0.2) is 54.8 Å². The normalized spacial score (nSPS) is 35.5. The number of hydrogen-bond acceptors (Lipinski definition) is 4. The smallest absolute Gasteiger partial charge is 0.0702 e. The van der Waals surface area contributed by atoms with Crippen LogP contribution in [0, 0.1) is 5.41 Å². The third-order valence-corrected chi connectivity index (χ3v) is 6.34. The lowest BCUT2D eigenvalue weighted by Gasteiger charge is -2.50. The van der Waals surface area contributed by atoms with Gasteiger partial charge in [-0.25, -0.2) is 0 Å². The highest BCUT2D eigenvalue weighted by molar-refractivity contribution is 7.99. The van der Waals surface area contributed by atoms with Gasteiger partial charge in [0.15, 0.2) is 0 Å². The first-order chi connectivity index (χ1) is 8.97. The van der Waals surface area contributed by atoms with E-state index >= 15 is 0 Å². The van der Waals surface area contributed by atoms with Gasteiger partial charge in [0.2, 0.25) is 0 Å². The number of hydrogen-bond donors (Lipinski definition) is 1. The summed E-state index contributed by atoms with van der Waals surface area (Å²) >= 11 is 2.06. The van der Waals surface area contributed by atoms with E-state index in [0.717, 1.165) is 25.4 Å². The van der Waals surface area contributed by atoms with Crippen LogP contribution in [0.4, 0.5) is 0 Å². The molecular formula is C15H30N2OS. The van der Waals surface area contributed by atoms with Gasteiger partial charge >= 0.3 is 0 Å². The van der Waals surface area contributed by atoms with Gasteiger partial charge in [-0.3, -0.25) is 4.90 Å². The summed E-state index contributed by atoms with van der Waals surface area (Å²) in [6.45, 7) is 7.47. The molecule has 2 aliphatic heterocycles. The van der Waals surface area contributed by atoms with E-state index in [1.807, 2.05) is 0 Å². The molecule has 2 unspecified atom stereocenters. The number of rotatable bonds is 4. The lowest BCUT2D eigenvalue weighted by atomic mass is 9.78. The van der Waals surface area contributed by atoms with Gasteiger partial charge in [-0.05, 0) is 43.9 Å². The molecule has 0 radical (unpaired) electrons. The van der Waals surface area contributed by atoms with Crippen molar-refractivity contribution in [1.29, 1.82) is 0 Å². The molecule has 2 N–H and O–H groups in total. The maximum Gasteiger partial charge on any atom is 0.0702 e. The summed E-state index contributed by atoms with van der Waals surface area (Å²) in [7, 11) is 2.24. The summed E-state index contributed by atoms with van der Waals surface area (Å²) < 4.78 is 5.89. The lowest BCUT2D eigenvalue weighted by molar-refractivity contribution is -0.0258. The van der Waals surface area contributed by atoms with Crippen LogP contribution in [0.2, 0.25) is 0 Å². The quantitative estimate of drug-likeness (QED) is 0.861. The molecule has 0 aromatic rings. The van der Waals surface area contributed by atoms with Crippen LogP contribution in [-0.2, 0) is 4.74 Å². The predicted molar refractivity (Wildman–Crippen MR) is 83.7 cm³/mol. The number of thioether (sulfide) groups is 1. The monoisotopic (exact) mass is 286 g/mol. The van der Waals surface area contributed by atoms with Crippen molar-refractivity contribution in [2.24, 2.45) is 11.1 Å². The Balaban J connectivity index is 1.98. The Kier molecular flexibility index (Phi) is 5.21. The van der Waals surface area contributed by atoms with Crippen LogP contribution in [0.25, 0.3) is 0 Å². The van der Waals surface area contributed by atoms with E-state index in [9.17, 15) is 0 Å². The summed E-state index contributed by atoms with van der Waals surface area (Å²) in [6, 6.07) is 0. The average molecular weight is 286 g/mol. The van der Waals surface area contributed by atoms with Crippen molar-refractivity contribution in [3.8, 4) is 0 Å². The van der Waals surface area contributed by atoms with Crippen LogP contribution < -0.4 is 5.73 Å². The molecule has 2 heterocycles. The molecule has 0 aliphatic carbocycles. The summed E-state index contributed by atoms with van der Waals surface area (Å²) in [6.07, 6.45) is 5.37. The van der Waals surface area contributed by atoms with Crippen molar-refractivity contribution >= 4 is 11.8 Å². The first-order valence-electron chi connectivity index (χ1n) is 7.58. The molecule has 4 heteroatoms. The highest BCUT2D eigenvalue weighted by Gasteiger charge is 2.42. The molecule has 2 fully saturated rings. The minimum atomic E-state index is 0.160. The fraction of sp³-hybridized carbons (Fsp3) is 1.00. The molecule has 0 aromatic carbocycles. The molecule has 19 heavy (non-hydrogen) atoms. The van der Waals surface area contributed by atoms with Crippen LogP contribution in [0.5, 0.6) is 0 Å². The lowest BCUT2D eigenvalue weighted by Crippen LogP contribution is -2.60. The minimum absolute atomic E-state index is 0.160. The third-order valence-electron chi connectivity index (χ3n) is 4.61. The largest absolute Gasteiger partial charge is 0.377 e. The van der Waals surface area contributed by atoms with Crippen LogP contribution in [0.1, 0.15) is 39.5 Å². The summed E-state index contributed by atoms with van der Waals surface area (Å²) in [5, 5.41) is 0. The van der Waals surface area contributed by atoms with Crippen LogP contribution in [0.3, 0.4) is 0 Å². The average Bonchev–Trinajstić information content (AvgIpc) is 2.38. The Hall–Kier alpha value is 0.230. The predicted octanol–water partition coefficient (Wildman–Crippen LogP) is 2.35. The van der Waals surface area contributed by atoms with E-state index in [4.69, 9.17) is 10.5 Å². The molecule has 2 aliphatic rings. The SMILES string of the molecule is CN(CC1CCCCO1)C1(CN)CSCC(C)(C)C1. The zero-order valence-corrected chi connectivity index (χ0v) is 13.6. The number of nitrogens with two attached hydrogens (primary N) is 1. The summed E-state index contributed by atoms with van der Waals surface area (Å²) in [5.74, 6) is 2.42. The van der Waals surface area contributed by atoms with Gasteiger partial charge in [-0.2, -0.15) is 11.8 Å². The third kappa shape index (κ3) is 3.87. The van der Waals surface area contributed by atoms with Crippen LogP contribution in [0.15, 0.2) is 0 Å². The number of nitrogens with zero attached hydrogens (tertiary/aromatic N) is 1. The highest BCUT2D eigenvalue weighted by atomic mass is 32.2. The molecule has 2 atom stereocenters. The van der Waals surface area contributed by atoms with Crippen molar-refractivity contribution in [1.82, 2.24) is 4.90 Å². The van der Waals surface area contributed by atoms with Gasteiger partial charge in [-0.1, -0.05) is 13.8 Å². The zero-order valence-electron chi connectivity index (χ0n) is 12.8. The first kappa shape index (κ1) is 15.6.